The van der Waals surface area contributed by atoms with Gasteiger partial charge in [0.15, 0.2) is 5.71 Å². The fourth-order valence-electron chi connectivity index (χ4n) is 1.80. The number of aromatic nitrogens is 1. The van der Waals surface area contributed by atoms with E-state index in [4.69, 9.17) is 5.11 Å². The molecule has 1 aliphatic heterocycles. The van der Waals surface area contributed by atoms with Crippen LogP contribution in [0, 0.1) is 0 Å². The van der Waals surface area contributed by atoms with E-state index in [-0.39, 0.29) is 11.6 Å². The number of carboxylic acids is 1. The highest BCUT2D eigenvalue weighted by Crippen LogP contribution is 2.24. The molecule has 16 heavy (non-hydrogen) atoms. The minimum absolute atomic E-state index is 0.175. The van der Waals surface area contributed by atoms with Gasteiger partial charge in [-0.05, 0) is 18.6 Å². The van der Waals surface area contributed by atoms with Crippen molar-refractivity contribution >= 4 is 11.7 Å². The van der Waals surface area contributed by atoms with Crippen LogP contribution in [-0.4, -0.2) is 39.9 Å². The fourth-order valence-corrected chi connectivity index (χ4v) is 1.80. The molecule has 1 unspecified atom stereocenters. The minimum atomic E-state index is -0.954. The normalized spacial score (nSPS) is 19.7. The number of nitrogens with zero attached hydrogens (tertiary/aromatic N) is 3. The van der Waals surface area contributed by atoms with Gasteiger partial charge in [-0.2, -0.15) is 5.10 Å². The number of pyridine rings is 1. The zero-order valence-corrected chi connectivity index (χ0v) is 9.00. The second-order valence-electron chi connectivity index (χ2n) is 3.63. The molecule has 0 saturated heterocycles. The third-order valence-electron chi connectivity index (χ3n) is 2.64. The van der Waals surface area contributed by atoms with Gasteiger partial charge in [0, 0.05) is 25.5 Å². The predicted octanol–water partition coefficient (Wildman–Crippen LogP) is 0.941. The first-order chi connectivity index (χ1) is 7.72. The number of carboxylic acid groups (broad SMARTS) is 1. The molecule has 1 aliphatic rings. The summed E-state index contributed by atoms with van der Waals surface area (Å²) in [6, 6.07) is 3.69. The van der Waals surface area contributed by atoms with E-state index >= 15 is 0 Å². The molecule has 0 aromatic carbocycles. The van der Waals surface area contributed by atoms with Crippen LogP contribution in [0.4, 0.5) is 0 Å². The smallest absolute Gasteiger partial charge is 0.352 e. The van der Waals surface area contributed by atoms with Crippen molar-refractivity contribution in [3.05, 3.63) is 30.1 Å². The van der Waals surface area contributed by atoms with Crippen LogP contribution in [0.25, 0.3) is 0 Å². The van der Waals surface area contributed by atoms with Gasteiger partial charge in [-0.15, -0.1) is 0 Å². The van der Waals surface area contributed by atoms with Crippen LogP contribution in [-0.2, 0) is 4.79 Å². The number of rotatable bonds is 3. The van der Waals surface area contributed by atoms with Crippen LogP contribution < -0.4 is 0 Å². The molecular weight excluding hydrogens is 206 g/mol. The molecule has 1 N–H and O–H groups in total. The molecule has 0 aliphatic carbocycles. The highest BCUT2D eigenvalue weighted by atomic mass is 16.4. The van der Waals surface area contributed by atoms with E-state index in [1.54, 1.807) is 17.4 Å². The molecule has 5 nitrogen and oxygen atoms in total. The van der Waals surface area contributed by atoms with Gasteiger partial charge in [0.05, 0.1) is 5.92 Å². The summed E-state index contributed by atoms with van der Waals surface area (Å²) in [6.45, 7) is 3.28. The summed E-state index contributed by atoms with van der Waals surface area (Å²) in [4.78, 5) is 15.1. The minimum Gasteiger partial charge on any atom is -0.477 e. The first-order valence-electron chi connectivity index (χ1n) is 5.19. The second-order valence-corrected chi connectivity index (χ2v) is 3.63. The molecule has 84 valence electrons. The highest BCUT2D eigenvalue weighted by molar-refractivity contribution is 6.38. The number of aliphatic carboxylic acids is 1. The monoisotopic (exact) mass is 219 g/mol. The Balaban J connectivity index is 2.29. The van der Waals surface area contributed by atoms with E-state index in [0.29, 0.717) is 13.1 Å². The largest absolute Gasteiger partial charge is 0.477 e. The summed E-state index contributed by atoms with van der Waals surface area (Å²) in [5, 5.41) is 14.9. The Hall–Kier alpha value is -1.91. The second kappa shape index (κ2) is 4.30. The van der Waals surface area contributed by atoms with Crippen molar-refractivity contribution in [2.45, 2.75) is 12.8 Å². The van der Waals surface area contributed by atoms with Crippen molar-refractivity contribution in [2.24, 2.45) is 5.10 Å². The number of hydrogen-bond donors (Lipinski definition) is 1. The average Bonchev–Trinajstić information content (AvgIpc) is 2.74. The lowest BCUT2D eigenvalue weighted by Gasteiger charge is -2.13. The van der Waals surface area contributed by atoms with Gasteiger partial charge in [0.1, 0.15) is 0 Å². The van der Waals surface area contributed by atoms with Crippen LogP contribution in [0.1, 0.15) is 18.4 Å². The number of hydrazone groups is 1. The van der Waals surface area contributed by atoms with Crippen LogP contribution in [0.5, 0.6) is 0 Å². The van der Waals surface area contributed by atoms with Gasteiger partial charge in [-0.25, -0.2) is 4.79 Å². The lowest BCUT2D eigenvalue weighted by atomic mass is 9.96. The molecule has 1 aromatic rings. The molecule has 0 radical (unpaired) electrons. The van der Waals surface area contributed by atoms with Crippen LogP contribution in [0.3, 0.4) is 0 Å². The lowest BCUT2D eigenvalue weighted by molar-refractivity contribution is -0.129. The van der Waals surface area contributed by atoms with Gasteiger partial charge < -0.3 is 5.11 Å². The zero-order chi connectivity index (χ0) is 11.5. The number of likely N-dealkylation sites (N-methyl/N-ethyl adjacent to an activating group) is 1. The van der Waals surface area contributed by atoms with Crippen molar-refractivity contribution in [1.82, 2.24) is 9.99 Å². The predicted molar refractivity (Wildman–Crippen MR) is 59.3 cm³/mol. The number of carbonyl (C=O) groups is 1. The van der Waals surface area contributed by atoms with Gasteiger partial charge in [-0.1, -0.05) is 6.07 Å². The van der Waals surface area contributed by atoms with E-state index in [9.17, 15) is 4.79 Å². The van der Waals surface area contributed by atoms with Crippen molar-refractivity contribution in [3.63, 3.8) is 0 Å². The Morgan fingerprint density at radius 2 is 2.50 bits per heavy atom. The van der Waals surface area contributed by atoms with E-state index in [2.05, 4.69) is 10.1 Å². The van der Waals surface area contributed by atoms with E-state index in [1.807, 2.05) is 19.1 Å². The maximum Gasteiger partial charge on any atom is 0.352 e. The average molecular weight is 219 g/mol. The summed E-state index contributed by atoms with van der Waals surface area (Å²) in [5.74, 6) is -1.13. The van der Waals surface area contributed by atoms with Crippen molar-refractivity contribution in [2.75, 3.05) is 13.1 Å². The molecule has 0 bridgehead atoms. The van der Waals surface area contributed by atoms with Crippen LogP contribution in [0.15, 0.2) is 29.6 Å². The Morgan fingerprint density at radius 1 is 1.69 bits per heavy atom. The summed E-state index contributed by atoms with van der Waals surface area (Å²) in [7, 11) is 0. The fraction of sp³-hybridized carbons (Fsp3) is 0.364. The van der Waals surface area contributed by atoms with Crippen molar-refractivity contribution in [1.29, 1.82) is 0 Å². The zero-order valence-electron chi connectivity index (χ0n) is 9.00. The van der Waals surface area contributed by atoms with Gasteiger partial charge in [0.25, 0.3) is 0 Å². The summed E-state index contributed by atoms with van der Waals surface area (Å²) in [5.41, 5.74) is 1.11. The first-order valence-corrected chi connectivity index (χ1v) is 5.19. The third-order valence-corrected chi connectivity index (χ3v) is 2.64. The Bertz CT molecular complexity index is 416. The van der Waals surface area contributed by atoms with Crippen LogP contribution >= 0.6 is 0 Å². The van der Waals surface area contributed by atoms with Crippen LogP contribution in [0.2, 0.25) is 0 Å². The maximum absolute atomic E-state index is 11.1. The molecule has 1 atom stereocenters. The summed E-state index contributed by atoms with van der Waals surface area (Å²) >= 11 is 0. The molecule has 0 fully saturated rings. The standard InChI is InChI=1S/C11H13N3O2/c1-2-14-7-9(10(13-14)11(15)16)8-4-3-5-12-6-8/h3-6,9H,2,7H2,1H3,(H,15,16). The molecule has 0 saturated carbocycles. The molecule has 1 aromatic heterocycles. The molecular formula is C11H13N3O2. The third kappa shape index (κ3) is 1.88. The number of hydrogen-bond acceptors (Lipinski definition) is 4. The van der Waals surface area contributed by atoms with Crippen molar-refractivity contribution < 1.29 is 9.90 Å². The Labute approximate surface area is 93.4 Å². The summed E-state index contributed by atoms with van der Waals surface area (Å²) in [6.07, 6.45) is 3.37. The summed E-state index contributed by atoms with van der Waals surface area (Å²) < 4.78 is 0. The molecule has 0 spiro atoms. The highest BCUT2D eigenvalue weighted by Gasteiger charge is 2.31. The maximum atomic E-state index is 11.1. The van der Waals surface area contributed by atoms with Gasteiger partial charge in [-0.3, -0.25) is 9.99 Å². The molecule has 0 amide bonds. The molecule has 2 rings (SSSR count). The van der Waals surface area contributed by atoms with E-state index in [0.717, 1.165) is 5.56 Å². The quantitative estimate of drug-likeness (QED) is 0.821. The molecule has 5 heteroatoms. The topological polar surface area (TPSA) is 65.8 Å². The van der Waals surface area contributed by atoms with E-state index < -0.39 is 5.97 Å². The Kier molecular flexibility index (Phi) is 2.85. The van der Waals surface area contributed by atoms with E-state index in [1.165, 1.54) is 0 Å². The lowest BCUT2D eigenvalue weighted by Crippen LogP contribution is -2.22. The SMILES string of the molecule is CCN1CC(c2cccnc2)C(C(=O)O)=N1. The first kappa shape index (κ1) is 10.6. The molecule has 2 heterocycles. The van der Waals surface area contributed by atoms with Gasteiger partial charge in [0.2, 0.25) is 0 Å². The van der Waals surface area contributed by atoms with Crippen molar-refractivity contribution in [3.8, 4) is 0 Å². The van der Waals surface area contributed by atoms with Gasteiger partial charge >= 0.3 is 5.97 Å². The Morgan fingerprint density at radius 3 is 3.06 bits per heavy atom.